The van der Waals surface area contributed by atoms with Crippen LogP contribution >= 0.6 is 0 Å². The van der Waals surface area contributed by atoms with E-state index in [1.165, 1.54) is 0 Å². The molecule has 1 aromatic carbocycles. The van der Waals surface area contributed by atoms with Crippen molar-refractivity contribution in [2.75, 3.05) is 26.2 Å². The topological polar surface area (TPSA) is 53.1 Å². The molecule has 1 saturated heterocycles. The second-order valence-electron chi connectivity index (χ2n) is 7.17. The molecule has 0 spiro atoms. The zero-order chi connectivity index (χ0) is 17.2. The maximum atomic E-state index is 12.8. The van der Waals surface area contributed by atoms with E-state index in [-0.39, 0.29) is 18.7 Å². The number of hydrogen-bond donors (Lipinski definition) is 0. The molecule has 3 aliphatic rings. The van der Waals surface area contributed by atoms with Crippen molar-refractivity contribution in [3.05, 3.63) is 35.9 Å². The lowest BCUT2D eigenvalue weighted by atomic mass is 10.2. The van der Waals surface area contributed by atoms with E-state index >= 15 is 0 Å². The molecule has 0 radical (unpaired) electrons. The van der Waals surface area contributed by atoms with Gasteiger partial charge in [0.05, 0.1) is 0 Å². The summed E-state index contributed by atoms with van der Waals surface area (Å²) in [5, 5.41) is 0. The number of ether oxygens (including phenoxy) is 1. The Morgan fingerprint density at radius 3 is 2.04 bits per heavy atom. The first-order valence-corrected chi connectivity index (χ1v) is 9.25. The van der Waals surface area contributed by atoms with Crippen molar-refractivity contribution < 1.29 is 14.3 Å². The molecule has 1 heterocycles. The number of rotatable bonds is 4. The molecule has 0 unspecified atom stereocenters. The molecule has 4 rings (SSSR count). The number of benzene rings is 1. The van der Waals surface area contributed by atoms with Crippen LogP contribution in [-0.4, -0.2) is 65.1 Å². The third-order valence-electron chi connectivity index (χ3n) is 5.11. The van der Waals surface area contributed by atoms with Crippen LogP contribution in [-0.2, 0) is 11.3 Å². The molecular weight excluding hydrogens is 318 g/mol. The van der Waals surface area contributed by atoms with Crippen molar-refractivity contribution in [1.82, 2.24) is 14.7 Å². The first kappa shape index (κ1) is 16.2. The van der Waals surface area contributed by atoms with Crippen LogP contribution in [0.3, 0.4) is 0 Å². The summed E-state index contributed by atoms with van der Waals surface area (Å²) in [6.07, 6.45) is 4.29. The minimum absolute atomic E-state index is 0.169. The van der Waals surface area contributed by atoms with Crippen LogP contribution in [0.4, 0.5) is 9.59 Å². The molecular formula is C19H25N3O3. The van der Waals surface area contributed by atoms with E-state index in [1.807, 2.05) is 35.2 Å². The highest BCUT2D eigenvalue weighted by Gasteiger charge is 2.44. The van der Waals surface area contributed by atoms with Gasteiger partial charge in [0.2, 0.25) is 0 Å². The van der Waals surface area contributed by atoms with Crippen molar-refractivity contribution in [3.8, 4) is 0 Å². The van der Waals surface area contributed by atoms with Crippen LogP contribution in [0.5, 0.6) is 0 Å². The number of carbonyl (C=O) groups is 2. The van der Waals surface area contributed by atoms with Crippen molar-refractivity contribution >= 4 is 12.1 Å². The standard InChI is InChI=1S/C19H25N3O3/c23-18(22(16-6-7-16)17-8-9-17)20-10-12-21(13-11-20)19(24)25-14-15-4-2-1-3-5-15/h1-5,16-17H,6-14H2. The summed E-state index contributed by atoms with van der Waals surface area (Å²) in [6.45, 7) is 2.56. The molecule has 0 aromatic heterocycles. The SMILES string of the molecule is O=C(OCc1ccccc1)N1CCN(C(=O)N(C2CC2)C2CC2)CC1. The molecule has 0 atom stereocenters. The average Bonchev–Trinajstić information content (AvgIpc) is 3.56. The molecule has 1 aliphatic heterocycles. The van der Waals surface area contributed by atoms with E-state index in [0.29, 0.717) is 38.3 Å². The van der Waals surface area contributed by atoms with Crippen LogP contribution in [0.15, 0.2) is 30.3 Å². The van der Waals surface area contributed by atoms with Gasteiger partial charge in [0.15, 0.2) is 0 Å². The van der Waals surface area contributed by atoms with Gasteiger partial charge in [-0.05, 0) is 31.2 Å². The Morgan fingerprint density at radius 1 is 0.920 bits per heavy atom. The second kappa shape index (κ2) is 6.94. The Morgan fingerprint density at radius 2 is 1.48 bits per heavy atom. The van der Waals surface area contributed by atoms with Gasteiger partial charge in [-0.1, -0.05) is 30.3 Å². The third kappa shape index (κ3) is 3.89. The van der Waals surface area contributed by atoms with Gasteiger partial charge in [0.25, 0.3) is 0 Å². The molecule has 0 N–H and O–H groups in total. The van der Waals surface area contributed by atoms with Gasteiger partial charge in [0, 0.05) is 38.3 Å². The lowest BCUT2D eigenvalue weighted by molar-refractivity contribution is 0.0704. The number of piperazine rings is 1. The highest BCUT2D eigenvalue weighted by Crippen LogP contribution is 2.38. The summed E-state index contributed by atoms with van der Waals surface area (Å²) < 4.78 is 5.38. The number of nitrogens with zero attached hydrogens (tertiary/aromatic N) is 3. The summed E-state index contributed by atoms with van der Waals surface area (Å²) in [7, 11) is 0. The minimum atomic E-state index is -0.294. The maximum absolute atomic E-state index is 12.8. The fourth-order valence-electron chi connectivity index (χ4n) is 3.37. The smallest absolute Gasteiger partial charge is 0.410 e. The first-order valence-electron chi connectivity index (χ1n) is 9.25. The number of hydrogen-bond acceptors (Lipinski definition) is 3. The molecule has 25 heavy (non-hydrogen) atoms. The van der Waals surface area contributed by atoms with Crippen LogP contribution in [0.1, 0.15) is 31.2 Å². The number of urea groups is 1. The second-order valence-corrected chi connectivity index (χ2v) is 7.17. The molecule has 2 saturated carbocycles. The zero-order valence-electron chi connectivity index (χ0n) is 14.5. The van der Waals surface area contributed by atoms with E-state index in [1.54, 1.807) is 4.90 Å². The van der Waals surface area contributed by atoms with Crippen LogP contribution < -0.4 is 0 Å². The zero-order valence-corrected chi connectivity index (χ0v) is 14.5. The average molecular weight is 343 g/mol. The highest BCUT2D eigenvalue weighted by molar-refractivity contribution is 5.76. The van der Waals surface area contributed by atoms with Crippen molar-refractivity contribution in [1.29, 1.82) is 0 Å². The Kier molecular flexibility index (Phi) is 4.51. The number of carbonyl (C=O) groups excluding carboxylic acids is 2. The predicted octanol–water partition coefficient (Wildman–Crippen LogP) is 2.69. The van der Waals surface area contributed by atoms with Gasteiger partial charge >= 0.3 is 12.1 Å². The lowest BCUT2D eigenvalue weighted by Gasteiger charge is -2.37. The van der Waals surface area contributed by atoms with Crippen LogP contribution in [0, 0.1) is 0 Å². The monoisotopic (exact) mass is 343 g/mol. The Labute approximate surface area is 148 Å². The Hall–Kier alpha value is -2.24. The maximum Gasteiger partial charge on any atom is 0.410 e. The third-order valence-corrected chi connectivity index (χ3v) is 5.11. The van der Waals surface area contributed by atoms with Gasteiger partial charge in [-0.2, -0.15) is 0 Å². The molecule has 6 heteroatoms. The lowest BCUT2D eigenvalue weighted by Crippen LogP contribution is -2.55. The van der Waals surface area contributed by atoms with Gasteiger partial charge in [-0.3, -0.25) is 0 Å². The van der Waals surface area contributed by atoms with Gasteiger partial charge in [0.1, 0.15) is 6.61 Å². The summed E-state index contributed by atoms with van der Waals surface area (Å²) in [6, 6.07) is 10.8. The van der Waals surface area contributed by atoms with E-state index in [0.717, 1.165) is 31.2 Å². The Bertz CT molecular complexity index is 608. The van der Waals surface area contributed by atoms with Gasteiger partial charge < -0.3 is 19.4 Å². The largest absolute Gasteiger partial charge is 0.445 e. The summed E-state index contributed by atoms with van der Waals surface area (Å²) in [5.41, 5.74) is 0.981. The van der Waals surface area contributed by atoms with Crippen LogP contribution in [0.2, 0.25) is 0 Å². The molecule has 0 bridgehead atoms. The molecule has 134 valence electrons. The van der Waals surface area contributed by atoms with E-state index in [4.69, 9.17) is 4.74 Å². The number of amides is 3. The summed E-state index contributed by atoms with van der Waals surface area (Å²) in [4.78, 5) is 30.7. The summed E-state index contributed by atoms with van der Waals surface area (Å²) in [5.74, 6) is 0. The van der Waals surface area contributed by atoms with Crippen LogP contribution in [0.25, 0.3) is 0 Å². The quantitative estimate of drug-likeness (QED) is 0.845. The fourth-order valence-corrected chi connectivity index (χ4v) is 3.37. The fraction of sp³-hybridized carbons (Fsp3) is 0.579. The molecule has 3 amide bonds. The Balaban J connectivity index is 1.25. The molecule has 1 aromatic rings. The predicted molar refractivity (Wildman–Crippen MR) is 93.1 cm³/mol. The van der Waals surface area contributed by atoms with Gasteiger partial charge in [-0.25, -0.2) is 9.59 Å². The normalized spacial score (nSPS) is 20.3. The van der Waals surface area contributed by atoms with Crippen molar-refractivity contribution in [2.24, 2.45) is 0 Å². The van der Waals surface area contributed by atoms with E-state index < -0.39 is 0 Å². The molecule has 2 aliphatic carbocycles. The van der Waals surface area contributed by atoms with Gasteiger partial charge in [-0.15, -0.1) is 0 Å². The van der Waals surface area contributed by atoms with E-state index in [9.17, 15) is 9.59 Å². The molecule has 6 nitrogen and oxygen atoms in total. The summed E-state index contributed by atoms with van der Waals surface area (Å²) >= 11 is 0. The minimum Gasteiger partial charge on any atom is -0.445 e. The van der Waals surface area contributed by atoms with Crippen molar-refractivity contribution in [2.45, 2.75) is 44.4 Å². The molecule has 3 fully saturated rings. The first-order chi connectivity index (χ1) is 12.2. The van der Waals surface area contributed by atoms with Crippen molar-refractivity contribution in [3.63, 3.8) is 0 Å². The van der Waals surface area contributed by atoms with E-state index in [2.05, 4.69) is 4.90 Å². The highest BCUT2D eigenvalue weighted by atomic mass is 16.6.